The van der Waals surface area contributed by atoms with Gasteiger partial charge in [0.1, 0.15) is 11.5 Å². The topological polar surface area (TPSA) is 71.3 Å². The van der Waals surface area contributed by atoms with Crippen LogP contribution in [0.25, 0.3) is 0 Å². The van der Waals surface area contributed by atoms with Gasteiger partial charge in [0.25, 0.3) is 0 Å². The van der Waals surface area contributed by atoms with Crippen molar-refractivity contribution in [2.24, 2.45) is 0 Å². The number of nitrogens with zero attached hydrogens (tertiary/aromatic N) is 3. The van der Waals surface area contributed by atoms with E-state index in [9.17, 15) is 4.79 Å². The van der Waals surface area contributed by atoms with E-state index >= 15 is 0 Å². The van der Waals surface area contributed by atoms with Gasteiger partial charge in [0.15, 0.2) is 0 Å². The summed E-state index contributed by atoms with van der Waals surface area (Å²) >= 11 is 1.67. The SMILES string of the molecule is CCc1nc(C)c(C(C)N(C)C(=O)NCc2cc(C)on2)s1. The molecule has 120 valence electrons. The summed E-state index contributed by atoms with van der Waals surface area (Å²) in [5, 5.41) is 7.82. The molecular formula is C15H22N4O2S. The van der Waals surface area contributed by atoms with Crippen LogP contribution >= 0.6 is 11.3 Å². The fourth-order valence-corrected chi connectivity index (χ4v) is 3.25. The van der Waals surface area contributed by atoms with Crippen LogP contribution in [0.4, 0.5) is 4.79 Å². The molecule has 2 aromatic heterocycles. The summed E-state index contributed by atoms with van der Waals surface area (Å²) in [6.45, 7) is 8.27. The second-order valence-corrected chi connectivity index (χ2v) is 6.40. The van der Waals surface area contributed by atoms with Crippen LogP contribution in [-0.2, 0) is 13.0 Å². The van der Waals surface area contributed by atoms with Crippen LogP contribution in [0.3, 0.4) is 0 Å². The van der Waals surface area contributed by atoms with E-state index in [4.69, 9.17) is 4.52 Å². The van der Waals surface area contributed by atoms with Gasteiger partial charge < -0.3 is 14.7 Å². The minimum Gasteiger partial charge on any atom is -0.361 e. The third kappa shape index (κ3) is 3.65. The van der Waals surface area contributed by atoms with Crippen LogP contribution in [-0.4, -0.2) is 28.1 Å². The van der Waals surface area contributed by atoms with Crippen LogP contribution in [0.2, 0.25) is 0 Å². The molecule has 6 nitrogen and oxygen atoms in total. The lowest BCUT2D eigenvalue weighted by Gasteiger charge is -2.24. The standard InChI is InChI=1S/C15H22N4O2S/c1-6-13-17-10(3)14(22-13)11(4)19(5)15(20)16-8-12-7-9(2)21-18-12/h7,11H,6,8H2,1-5H3,(H,16,20). The van der Waals surface area contributed by atoms with E-state index in [2.05, 4.69) is 22.4 Å². The van der Waals surface area contributed by atoms with Gasteiger partial charge >= 0.3 is 6.03 Å². The molecule has 0 saturated heterocycles. The van der Waals surface area contributed by atoms with Crippen molar-refractivity contribution in [3.8, 4) is 0 Å². The van der Waals surface area contributed by atoms with Crippen LogP contribution in [0.1, 0.15) is 46.9 Å². The molecule has 22 heavy (non-hydrogen) atoms. The van der Waals surface area contributed by atoms with Crippen LogP contribution < -0.4 is 5.32 Å². The highest BCUT2D eigenvalue weighted by Gasteiger charge is 2.21. The summed E-state index contributed by atoms with van der Waals surface area (Å²) in [5.74, 6) is 0.735. The van der Waals surface area contributed by atoms with Gasteiger partial charge in [-0.15, -0.1) is 11.3 Å². The third-order valence-corrected chi connectivity index (χ3v) is 5.03. The highest BCUT2D eigenvalue weighted by molar-refractivity contribution is 7.11. The van der Waals surface area contributed by atoms with Gasteiger partial charge in [-0.1, -0.05) is 12.1 Å². The quantitative estimate of drug-likeness (QED) is 0.917. The molecule has 1 unspecified atom stereocenters. The molecule has 0 aliphatic heterocycles. The highest BCUT2D eigenvalue weighted by atomic mass is 32.1. The predicted molar refractivity (Wildman–Crippen MR) is 85.9 cm³/mol. The molecular weight excluding hydrogens is 300 g/mol. The summed E-state index contributed by atoms with van der Waals surface area (Å²) in [6, 6.07) is 1.65. The molecule has 0 fully saturated rings. The normalized spacial score (nSPS) is 12.2. The summed E-state index contributed by atoms with van der Waals surface area (Å²) in [5.41, 5.74) is 1.72. The van der Waals surface area contributed by atoms with Crippen molar-refractivity contribution in [3.63, 3.8) is 0 Å². The molecule has 1 atom stereocenters. The molecule has 0 bridgehead atoms. The first-order valence-electron chi connectivity index (χ1n) is 7.31. The van der Waals surface area contributed by atoms with Gasteiger partial charge in [-0.3, -0.25) is 0 Å². The van der Waals surface area contributed by atoms with E-state index in [0.29, 0.717) is 12.2 Å². The zero-order chi connectivity index (χ0) is 16.3. The Morgan fingerprint density at radius 3 is 2.77 bits per heavy atom. The number of carbonyl (C=O) groups excluding carboxylic acids is 1. The first-order valence-corrected chi connectivity index (χ1v) is 8.13. The maximum absolute atomic E-state index is 12.3. The Morgan fingerprint density at radius 1 is 1.50 bits per heavy atom. The second-order valence-electron chi connectivity index (χ2n) is 5.29. The number of hydrogen-bond acceptors (Lipinski definition) is 5. The molecule has 7 heteroatoms. The molecule has 2 heterocycles. The van der Waals surface area contributed by atoms with E-state index in [1.54, 1.807) is 23.3 Å². The predicted octanol–water partition coefficient (Wildman–Crippen LogP) is 3.21. The maximum atomic E-state index is 12.3. The lowest BCUT2D eigenvalue weighted by Crippen LogP contribution is -2.38. The number of nitrogens with one attached hydrogen (secondary N) is 1. The van der Waals surface area contributed by atoms with Gasteiger partial charge in [0.2, 0.25) is 0 Å². The Balaban J connectivity index is 1.98. The van der Waals surface area contributed by atoms with E-state index in [-0.39, 0.29) is 12.1 Å². The zero-order valence-corrected chi connectivity index (χ0v) is 14.5. The minimum atomic E-state index is -0.140. The van der Waals surface area contributed by atoms with Crippen molar-refractivity contribution in [2.45, 2.75) is 46.7 Å². The molecule has 2 rings (SSSR count). The Bertz CT molecular complexity index is 650. The van der Waals surface area contributed by atoms with Gasteiger partial charge in [-0.25, -0.2) is 9.78 Å². The first kappa shape index (κ1) is 16.5. The van der Waals surface area contributed by atoms with Gasteiger partial charge in [-0.2, -0.15) is 0 Å². The summed E-state index contributed by atoms with van der Waals surface area (Å²) in [4.78, 5) is 19.6. The van der Waals surface area contributed by atoms with Crippen LogP contribution in [0, 0.1) is 13.8 Å². The molecule has 2 amide bonds. The summed E-state index contributed by atoms with van der Waals surface area (Å²) in [7, 11) is 1.79. The van der Waals surface area contributed by atoms with Crippen molar-refractivity contribution in [1.29, 1.82) is 0 Å². The average molecular weight is 322 g/mol. The minimum absolute atomic E-state index is 0.0168. The number of urea groups is 1. The maximum Gasteiger partial charge on any atom is 0.317 e. The molecule has 0 saturated carbocycles. The average Bonchev–Trinajstić information content (AvgIpc) is 3.08. The second kappa shape index (κ2) is 6.91. The third-order valence-electron chi connectivity index (χ3n) is 3.56. The van der Waals surface area contributed by atoms with Crippen LogP contribution in [0.15, 0.2) is 10.6 Å². The highest BCUT2D eigenvalue weighted by Crippen LogP contribution is 2.28. The largest absolute Gasteiger partial charge is 0.361 e. The Morgan fingerprint density at radius 2 is 2.23 bits per heavy atom. The van der Waals surface area contributed by atoms with E-state index in [0.717, 1.165) is 27.8 Å². The van der Waals surface area contributed by atoms with Crippen LogP contribution in [0.5, 0.6) is 0 Å². The fourth-order valence-electron chi connectivity index (χ4n) is 2.15. The lowest BCUT2D eigenvalue weighted by molar-refractivity contribution is 0.194. The molecule has 0 aliphatic rings. The molecule has 0 radical (unpaired) electrons. The van der Waals surface area contributed by atoms with E-state index in [1.807, 2.05) is 26.8 Å². The monoisotopic (exact) mass is 322 g/mol. The number of hydrogen-bond donors (Lipinski definition) is 1. The first-order chi connectivity index (χ1) is 10.4. The van der Waals surface area contributed by atoms with Crippen molar-refractivity contribution >= 4 is 17.4 Å². The van der Waals surface area contributed by atoms with E-state index < -0.39 is 0 Å². The molecule has 0 aliphatic carbocycles. The van der Waals surface area contributed by atoms with Crippen molar-refractivity contribution in [1.82, 2.24) is 20.4 Å². The Kier molecular flexibility index (Phi) is 5.18. The zero-order valence-electron chi connectivity index (χ0n) is 13.6. The molecule has 0 aromatic carbocycles. The van der Waals surface area contributed by atoms with Gasteiger partial charge in [0, 0.05) is 18.0 Å². The lowest BCUT2D eigenvalue weighted by atomic mass is 10.2. The number of aromatic nitrogens is 2. The number of amides is 2. The molecule has 1 N–H and O–H groups in total. The number of rotatable bonds is 5. The Labute approximate surface area is 134 Å². The summed E-state index contributed by atoms with van der Waals surface area (Å²) < 4.78 is 4.98. The number of thiazole rings is 1. The number of aryl methyl sites for hydroxylation is 3. The summed E-state index contributed by atoms with van der Waals surface area (Å²) in [6.07, 6.45) is 0.916. The van der Waals surface area contributed by atoms with Gasteiger partial charge in [-0.05, 0) is 27.2 Å². The van der Waals surface area contributed by atoms with E-state index in [1.165, 1.54) is 0 Å². The Hall–Kier alpha value is -1.89. The smallest absolute Gasteiger partial charge is 0.317 e. The molecule has 0 spiro atoms. The van der Waals surface area contributed by atoms with Crippen molar-refractivity contribution in [2.75, 3.05) is 7.05 Å². The molecule has 2 aromatic rings. The number of carbonyl (C=O) groups is 1. The van der Waals surface area contributed by atoms with Crippen molar-refractivity contribution in [3.05, 3.63) is 33.1 Å². The van der Waals surface area contributed by atoms with Gasteiger partial charge in [0.05, 0.1) is 23.3 Å². The van der Waals surface area contributed by atoms with Crippen molar-refractivity contribution < 1.29 is 9.32 Å². The fraction of sp³-hybridized carbons (Fsp3) is 0.533.